The van der Waals surface area contributed by atoms with Crippen molar-refractivity contribution in [2.24, 2.45) is 5.92 Å². The summed E-state index contributed by atoms with van der Waals surface area (Å²) in [5, 5.41) is 0.114. The van der Waals surface area contributed by atoms with Crippen molar-refractivity contribution in [1.82, 2.24) is 0 Å². The normalized spacial score (nSPS) is 20.9. The molecule has 1 aliphatic carbocycles. The van der Waals surface area contributed by atoms with E-state index in [2.05, 4.69) is 40.2 Å². The SMILES string of the molecule is ClC1c2ccccc2CCC1CCOc1ccc(Br)cc1. The number of hydrogen-bond acceptors (Lipinski definition) is 1. The van der Waals surface area contributed by atoms with Gasteiger partial charge in [0.15, 0.2) is 0 Å². The van der Waals surface area contributed by atoms with Crippen molar-refractivity contribution in [1.29, 1.82) is 0 Å². The second-order valence-electron chi connectivity index (χ2n) is 5.49. The van der Waals surface area contributed by atoms with Crippen LogP contribution in [0.15, 0.2) is 53.0 Å². The van der Waals surface area contributed by atoms with Gasteiger partial charge in [0.25, 0.3) is 0 Å². The minimum atomic E-state index is 0.114. The molecule has 2 atom stereocenters. The van der Waals surface area contributed by atoms with E-state index in [-0.39, 0.29) is 5.38 Å². The Morgan fingerprint density at radius 3 is 2.67 bits per heavy atom. The molecule has 1 nitrogen and oxygen atoms in total. The molecule has 1 aliphatic rings. The predicted molar refractivity (Wildman–Crippen MR) is 91.1 cm³/mol. The van der Waals surface area contributed by atoms with Gasteiger partial charge in [-0.25, -0.2) is 0 Å². The Labute approximate surface area is 139 Å². The zero-order chi connectivity index (χ0) is 14.7. The van der Waals surface area contributed by atoms with Gasteiger partial charge in [0.05, 0.1) is 12.0 Å². The molecule has 0 aliphatic heterocycles. The van der Waals surface area contributed by atoms with Gasteiger partial charge in [-0.15, -0.1) is 11.6 Å². The third-order valence-electron chi connectivity index (χ3n) is 4.12. The van der Waals surface area contributed by atoms with Gasteiger partial charge in [0, 0.05) is 4.47 Å². The topological polar surface area (TPSA) is 9.23 Å². The molecular formula is C18H18BrClO. The summed E-state index contributed by atoms with van der Waals surface area (Å²) >= 11 is 10.1. The number of rotatable bonds is 4. The van der Waals surface area contributed by atoms with E-state index in [1.165, 1.54) is 11.1 Å². The van der Waals surface area contributed by atoms with E-state index in [0.29, 0.717) is 5.92 Å². The third kappa shape index (κ3) is 3.61. The molecule has 2 aromatic carbocycles. The van der Waals surface area contributed by atoms with Gasteiger partial charge in [-0.05, 0) is 60.6 Å². The molecule has 0 spiro atoms. The maximum atomic E-state index is 6.65. The highest BCUT2D eigenvalue weighted by Crippen LogP contribution is 2.40. The molecule has 0 bridgehead atoms. The molecule has 0 heterocycles. The van der Waals surface area contributed by atoms with Crippen molar-refractivity contribution in [3.8, 4) is 5.75 Å². The smallest absolute Gasteiger partial charge is 0.119 e. The number of ether oxygens (including phenoxy) is 1. The van der Waals surface area contributed by atoms with E-state index in [9.17, 15) is 0 Å². The largest absolute Gasteiger partial charge is 0.494 e. The molecule has 0 radical (unpaired) electrons. The first-order chi connectivity index (χ1) is 10.2. The second kappa shape index (κ2) is 6.85. The van der Waals surface area contributed by atoms with Crippen LogP contribution in [0.5, 0.6) is 5.75 Å². The Morgan fingerprint density at radius 2 is 1.86 bits per heavy atom. The van der Waals surface area contributed by atoms with E-state index < -0.39 is 0 Å². The van der Waals surface area contributed by atoms with Crippen LogP contribution in [0.2, 0.25) is 0 Å². The zero-order valence-electron chi connectivity index (χ0n) is 11.8. The van der Waals surface area contributed by atoms with E-state index in [1.807, 2.05) is 24.3 Å². The van der Waals surface area contributed by atoms with Crippen molar-refractivity contribution in [2.75, 3.05) is 6.61 Å². The molecule has 2 unspecified atom stereocenters. The summed E-state index contributed by atoms with van der Waals surface area (Å²) in [4.78, 5) is 0. The summed E-state index contributed by atoms with van der Waals surface area (Å²) in [6.07, 6.45) is 3.27. The Bertz CT molecular complexity index is 596. The van der Waals surface area contributed by atoms with Gasteiger partial charge in [-0.3, -0.25) is 0 Å². The molecule has 0 N–H and O–H groups in total. The highest BCUT2D eigenvalue weighted by Gasteiger charge is 2.27. The molecule has 3 heteroatoms. The second-order valence-corrected chi connectivity index (χ2v) is 6.88. The molecule has 0 amide bonds. The lowest BCUT2D eigenvalue weighted by molar-refractivity contribution is 0.264. The lowest BCUT2D eigenvalue weighted by Gasteiger charge is -2.29. The summed E-state index contributed by atoms with van der Waals surface area (Å²) < 4.78 is 6.89. The highest BCUT2D eigenvalue weighted by molar-refractivity contribution is 9.10. The van der Waals surface area contributed by atoms with Crippen molar-refractivity contribution in [3.63, 3.8) is 0 Å². The van der Waals surface area contributed by atoms with Crippen LogP contribution in [0.1, 0.15) is 29.3 Å². The van der Waals surface area contributed by atoms with Crippen LogP contribution in [0.4, 0.5) is 0 Å². The number of halogens is 2. The Morgan fingerprint density at radius 1 is 1.10 bits per heavy atom. The van der Waals surface area contributed by atoms with Crippen LogP contribution in [0.25, 0.3) is 0 Å². The van der Waals surface area contributed by atoms with Crippen LogP contribution in [0.3, 0.4) is 0 Å². The van der Waals surface area contributed by atoms with Crippen molar-refractivity contribution >= 4 is 27.5 Å². The van der Waals surface area contributed by atoms with Gasteiger partial charge in [-0.1, -0.05) is 40.2 Å². The van der Waals surface area contributed by atoms with E-state index >= 15 is 0 Å². The predicted octanol–water partition coefficient (Wildman–Crippen LogP) is 5.76. The first kappa shape index (κ1) is 14.9. The zero-order valence-corrected chi connectivity index (χ0v) is 14.1. The monoisotopic (exact) mass is 364 g/mol. The van der Waals surface area contributed by atoms with Crippen molar-refractivity contribution in [3.05, 3.63) is 64.1 Å². The minimum absolute atomic E-state index is 0.114. The third-order valence-corrected chi connectivity index (χ3v) is 5.24. The number of alkyl halides is 1. The fourth-order valence-electron chi connectivity index (χ4n) is 2.92. The van der Waals surface area contributed by atoms with Crippen LogP contribution < -0.4 is 4.74 Å². The molecule has 3 rings (SSSR count). The highest BCUT2D eigenvalue weighted by atomic mass is 79.9. The van der Waals surface area contributed by atoms with E-state index in [0.717, 1.165) is 36.1 Å². The summed E-state index contributed by atoms with van der Waals surface area (Å²) in [7, 11) is 0. The quantitative estimate of drug-likeness (QED) is 0.626. The number of hydrogen-bond donors (Lipinski definition) is 0. The van der Waals surface area contributed by atoms with E-state index in [1.54, 1.807) is 0 Å². The average molecular weight is 366 g/mol. The van der Waals surface area contributed by atoms with Gasteiger partial charge in [0.2, 0.25) is 0 Å². The number of aryl methyl sites for hydroxylation is 1. The van der Waals surface area contributed by atoms with Gasteiger partial charge in [0.1, 0.15) is 5.75 Å². The van der Waals surface area contributed by atoms with Crippen LogP contribution in [-0.2, 0) is 6.42 Å². The fraction of sp³-hybridized carbons (Fsp3) is 0.333. The molecular weight excluding hydrogens is 348 g/mol. The number of benzene rings is 2. The molecule has 2 aromatic rings. The molecule has 110 valence electrons. The van der Waals surface area contributed by atoms with Gasteiger partial charge in [-0.2, -0.15) is 0 Å². The first-order valence-corrected chi connectivity index (χ1v) is 8.57. The lowest BCUT2D eigenvalue weighted by atomic mass is 9.82. The summed E-state index contributed by atoms with van der Waals surface area (Å²) in [6.45, 7) is 0.720. The molecule has 0 fully saturated rings. The van der Waals surface area contributed by atoms with E-state index in [4.69, 9.17) is 16.3 Å². The Kier molecular flexibility index (Phi) is 4.87. The van der Waals surface area contributed by atoms with Crippen LogP contribution >= 0.6 is 27.5 Å². The average Bonchev–Trinajstić information content (AvgIpc) is 2.52. The lowest BCUT2D eigenvalue weighted by Crippen LogP contribution is -2.19. The van der Waals surface area contributed by atoms with Gasteiger partial charge >= 0.3 is 0 Å². The summed E-state index contributed by atoms with van der Waals surface area (Å²) in [6, 6.07) is 16.5. The van der Waals surface area contributed by atoms with Crippen molar-refractivity contribution < 1.29 is 4.74 Å². The first-order valence-electron chi connectivity index (χ1n) is 7.34. The summed E-state index contributed by atoms with van der Waals surface area (Å²) in [5.74, 6) is 1.41. The molecule has 0 saturated carbocycles. The maximum Gasteiger partial charge on any atom is 0.119 e. The molecule has 0 saturated heterocycles. The Hall–Kier alpha value is -0.990. The number of fused-ring (bicyclic) bond motifs is 1. The van der Waals surface area contributed by atoms with Crippen LogP contribution in [0, 0.1) is 5.92 Å². The minimum Gasteiger partial charge on any atom is -0.494 e. The molecule has 0 aromatic heterocycles. The van der Waals surface area contributed by atoms with Gasteiger partial charge < -0.3 is 4.74 Å². The maximum absolute atomic E-state index is 6.65. The fourth-order valence-corrected chi connectivity index (χ4v) is 3.65. The Balaban J connectivity index is 1.56. The van der Waals surface area contributed by atoms with Crippen molar-refractivity contribution in [2.45, 2.75) is 24.6 Å². The summed E-state index contributed by atoms with van der Waals surface area (Å²) in [5.41, 5.74) is 2.71. The molecule has 21 heavy (non-hydrogen) atoms. The standard InChI is InChI=1S/C18H18BrClO/c19-15-7-9-16(10-8-15)21-12-11-14-6-5-13-3-1-2-4-17(13)18(14)20/h1-4,7-10,14,18H,5-6,11-12H2. The van der Waals surface area contributed by atoms with Crippen LogP contribution in [-0.4, -0.2) is 6.61 Å².